The number of nitrogens with two attached hydrogens (primary N) is 1. The van der Waals surface area contributed by atoms with Crippen LogP contribution in [0.1, 0.15) is 25.5 Å². The Labute approximate surface area is 88.1 Å². The van der Waals surface area contributed by atoms with Crippen molar-refractivity contribution >= 4 is 23.2 Å². The molecule has 0 amide bonds. The van der Waals surface area contributed by atoms with E-state index in [1.54, 1.807) is 12.3 Å². The van der Waals surface area contributed by atoms with Crippen molar-refractivity contribution in [1.29, 1.82) is 0 Å². The summed E-state index contributed by atoms with van der Waals surface area (Å²) in [6, 6.07) is 1.72. The number of hydrogen-bond donors (Lipinski definition) is 1. The van der Waals surface area contributed by atoms with Crippen LogP contribution >= 0.6 is 23.2 Å². The number of aromatic nitrogens is 1. The van der Waals surface area contributed by atoms with Crippen molar-refractivity contribution in [3.05, 3.63) is 28.0 Å². The van der Waals surface area contributed by atoms with E-state index in [0.29, 0.717) is 10.0 Å². The van der Waals surface area contributed by atoms with Crippen LogP contribution in [0.3, 0.4) is 0 Å². The maximum atomic E-state index is 5.97. The summed E-state index contributed by atoms with van der Waals surface area (Å²) in [6.45, 7) is 3.92. The third-order valence-corrected chi connectivity index (χ3v) is 2.57. The van der Waals surface area contributed by atoms with Gasteiger partial charge in [-0.3, -0.25) is 4.98 Å². The van der Waals surface area contributed by atoms with Gasteiger partial charge in [-0.15, -0.1) is 0 Å². The van der Waals surface area contributed by atoms with Gasteiger partial charge in [0.2, 0.25) is 0 Å². The molecule has 4 heteroatoms. The molecule has 72 valence electrons. The molecule has 0 aliphatic heterocycles. The van der Waals surface area contributed by atoms with Gasteiger partial charge < -0.3 is 5.73 Å². The molecule has 2 N–H and O–H groups in total. The molecule has 0 bridgehead atoms. The van der Waals surface area contributed by atoms with E-state index in [-0.39, 0.29) is 12.0 Å². The Kier molecular flexibility index (Phi) is 3.54. The fourth-order valence-electron chi connectivity index (χ4n) is 1.01. The van der Waals surface area contributed by atoms with E-state index in [9.17, 15) is 0 Å². The van der Waals surface area contributed by atoms with E-state index in [2.05, 4.69) is 4.98 Å². The van der Waals surface area contributed by atoms with Gasteiger partial charge in [0.1, 0.15) is 0 Å². The highest BCUT2D eigenvalue weighted by Crippen LogP contribution is 2.26. The standard InChI is InChI=1S/C9H12Cl2N2/c1-5(6(2)12)9-8(11)3-7(10)4-13-9/h3-6H,12H2,1-2H3/t5-,6+/m1/s1. The highest BCUT2D eigenvalue weighted by molar-refractivity contribution is 6.34. The Bertz CT molecular complexity index is 300. The average Bonchev–Trinajstić information content (AvgIpc) is 2.03. The first-order valence-corrected chi connectivity index (χ1v) is 4.84. The van der Waals surface area contributed by atoms with Crippen molar-refractivity contribution in [2.75, 3.05) is 0 Å². The average molecular weight is 219 g/mol. The van der Waals surface area contributed by atoms with Crippen molar-refractivity contribution in [3.8, 4) is 0 Å². The highest BCUT2D eigenvalue weighted by atomic mass is 35.5. The molecule has 1 aromatic rings. The predicted octanol–water partition coefficient (Wildman–Crippen LogP) is 2.84. The smallest absolute Gasteiger partial charge is 0.0639 e. The molecular weight excluding hydrogens is 207 g/mol. The van der Waals surface area contributed by atoms with Gasteiger partial charge in [0.25, 0.3) is 0 Å². The zero-order chi connectivity index (χ0) is 10.0. The molecule has 2 atom stereocenters. The van der Waals surface area contributed by atoms with Gasteiger partial charge in [-0.25, -0.2) is 0 Å². The zero-order valence-corrected chi connectivity index (χ0v) is 9.10. The van der Waals surface area contributed by atoms with E-state index in [1.165, 1.54) is 0 Å². The topological polar surface area (TPSA) is 38.9 Å². The van der Waals surface area contributed by atoms with Gasteiger partial charge in [-0.05, 0) is 13.0 Å². The van der Waals surface area contributed by atoms with Crippen LogP contribution in [0.4, 0.5) is 0 Å². The first kappa shape index (κ1) is 10.8. The fraction of sp³-hybridized carbons (Fsp3) is 0.444. The van der Waals surface area contributed by atoms with Gasteiger partial charge in [-0.1, -0.05) is 30.1 Å². The summed E-state index contributed by atoms with van der Waals surface area (Å²) in [5.74, 6) is 0.143. The van der Waals surface area contributed by atoms with Crippen molar-refractivity contribution in [2.45, 2.75) is 25.8 Å². The number of halogens is 2. The Morgan fingerprint density at radius 3 is 2.46 bits per heavy atom. The minimum atomic E-state index is 0.0335. The summed E-state index contributed by atoms with van der Waals surface area (Å²) in [4.78, 5) is 4.16. The molecule has 1 heterocycles. The normalized spacial score (nSPS) is 15.5. The summed E-state index contributed by atoms with van der Waals surface area (Å²) in [5.41, 5.74) is 6.55. The van der Waals surface area contributed by atoms with Crippen LogP contribution in [0.5, 0.6) is 0 Å². The molecule has 0 aliphatic rings. The van der Waals surface area contributed by atoms with Gasteiger partial charge in [0.15, 0.2) is 0 Å². The third-order valence-electron chi connectivity index (χ3n) is 2.06. The largest absolute Gasteiger partial charge is 0.327 e. The van der Waals surface area contributed by atoms with Crippen molar-refractivity contribution in [3.63, 3.8) is 0 Å². The molecule has 0 aliphatic carbocycles. The number of pyridine rings is 1. The van der Waals surface area contributed by atoms with Gasteiger partial charge >= 0.3 is 0 Å². The van der Waals surface area contributed by atoms with Crippen molar-refractivity contribution < 1.29 is 0 Å². The van der Waals surface area contributed by atoms with Gasteiger partial charge in [0, 0.05) is 18.2 Å². The predicted molar refractivity (Wildman–Crippen MR) is 56.3 cm³/mol. The van der Waals surface area contributed by atoms with Crippen LogP contribution in [0.2, 0.25) is 10.0 Å². The molecule has 1 aromatic heterocycles. The monoisotopic (exact) mass is 218 g/mol. The van der Waals surface area contributed by atoms with Gasteiger partial charge in [0.05, 0.1) is 15.7 Å². The summed E-state index contributed by atoms with van der Waals surface area (Å²) < 4.78 is 0. The molecule has 0 fully saturated rings. The Morgan fingerprint density at radius 1 is 1.38 bits per heavy atom. The van der Waals surface area contributed by atoms with Crippen molar-refractivity contribution in [1.82, 2.24) is 4.98 Å². The fourth-order valence-corrected chi connectivity index (χ4v) is 1.56. The molecule has 1 rings (SSSR count). The summed E-state index contributed by atoms with van der Waals surface area (Å²) in [7, 11) is 0. The maximum Gasteiger partial charge on any atom is 0.0639 e. The van der Waals surface area contributed by atoms with E-state index in [4.69, 9.17) is 28.9 Å². The Balaban J connectivity index is 3.01. The van der Waals surface area contributed by atoms with Gasteiger partial charge in [-0.2, -0.15) is 0 Å². The van der Waals surface area contributed by atoms with Crippen LogP contribution < -0.4 is 5.73 Å². The molecular formula is C9H12Cl2N2. The van der Waals surface area contributed by atoms with Crippen LogP contribution in [0.25, 0.3) is 0 Å². The first-order valence-electron chi connectivity index (χ1n) is 4.09. The number of hydrogen-bond acceptors (Lipinski definition) is 2. The summed E-state index contributed by atoms with van der Waals surface area (Å²) >= 11 is 11.7. The second-order valence-corrected chi connectivity index (χ2v) is 4.01. The molecule has 0 radical (unpaired) electrons. The summed E-state index contributed by atoms with van der Waals surface area (Å²) in [6.07, 6.45) is 1.58. The lowest BCUT2D eigenvalue weighted by Gasteiger charge is -2.15. The second kappa shape index (κ2) is 4.27. The highest BCUT2D eigenvalue weighted by Gasteiger charge is 2.15. The van der Waals surface area contributed by atoms with E-state index >= 15 is 0 Å². The van der Waals surface area contributed by atoms with Crippen LogP contribution in [-0.2, 0) is 0 Å². The second-order valence-electron chi connectivity index (χ2n) is 3.17. The summed E-state index contributed by atoms with van der Waals surface area (Å²) in [5, 5.41) is 1.13. The minimum absolute atomic E-state index is 0.0335. The lowest BCUT2D eigenvalue weighted by molar-refractivity contribution is 0.598. The van der Waals surface area contributed by atoms with E-state index in [0.717, 1.165) is 5.69 Å². The molecule has 13 heavy (non-hydrogen) atoms. The van der Waals surface area contributed by atoms with Crippen LogP contribution in [-0.4, -0.2) is 11.0 Å². The van der Waals surface area contributed by atoms with E-state index < -0.39 is 0 Å². The SMILES string of the molecule is C[C@H](N)[C@@H](C)c1ncc(Cl)cc1Cl. The van der Waals surface area contributed by atoms with Crippen LogP contribution in [0.15, 0.2) is 12.3 Å². The lowest BCUT2D eigenvalue weighted by Crippen LogP contribution is -2.23. The zero-order valence-electron chi connectivity index (χ0n) is 7.59. The molecule has 0 saturated carbocycles. The molecule has 0 spiro atoms. The third kappa shape index (κ3) is 2.56. The maximum absolute atomic E-state index is 5.97. The van der Waals surface area contributed by atoms with Crippen LogP contribution in [0, 0.1) is 0 Å². The first-order chi connectivity index (χ1) is 6.02. The molecule has 0 aromatic carbocycles. The number of nitrogens with zero attached hydrogens (tertiary/aromatic N) is 1. The molecule has 2 nitrogen and oxygen atoms in total. The van der Waals surface area contributed by atoms with Crippen molar-refractivity contribution in [2.24, 2.45) is 5.73 Å². The minimum Gasteiger partial charge on any atom is -0.327 e. The quantitative estimate of drug-likeness (QED) is 0.830. The molecule has 0 saturated heterocycles. The lowest BCUT2D eigenvalue weighted by atomic mass is 10.00. The Hall–Kier alpha value is -0.310. The number of rotatable bonds is 2. The van der Waals surface area contributed by atoms with E-state index in [1.807, 2.05) is 13.8 Å². The Morgan fingerprint density at radius 2 is 2.00 bits per heavy atom. The molecule has 0 unspecified atom stereocenters.